The highest BCUT2D eigenvalue weighted by molar-refractivity contribution is 5.19. The summed E-state index contributed by atoms with van der Waals surface area (Å²) in [5.41, 5.74) is 1.17. The fourth-order valence-corrected chi connectivity index (χ4v) is 1.22. The zero-order chi connectivity index (χ0) is 8.97. The van der Waals surface area contributed by atoms with Crippen LogP contribution in [0.25, 0.3) is 0 Å². The molecule has 2 heteroatoms. The smallest absolute Gasteiger partial charge is 0.123 e. The molecule has 0 saturated heterocycles. The molecule has 0 aromatic heterocycles. The van der Waals surface area contributed by atoms with Crippen LogP contribution in [0.3, 0.4) is 0 Å². The molecule has 0 spiro atoms. The van der Waals surface area contributed by atoms with Crippen LogP contribution in [0.4, 0.5) is 4.39 Å². The van der Waals surface area contributed by atoms with E-state index in [1.165, 1.54) is 17.7 Å². The lowest BCUT2D eigenvalue weighted by Crippen LogP contribution is -2.14. The van der Waals surface area contributed by atoms with E-state index in [-0.39, 0.29) is 5.82 Å². The van der Waals surface area contributed by atoms with Crippen molar-refractivity contribution >= 4 is 0 Å². The van der Waals surface area contributed by atoms with Crippen LogP contribution in [-0.4, -0.2) is 13.6 Å². The summed E-state index contributed by atoms with van der Waals surface area (Å²) < 4.78 is 12.5. The van der Waals surface area contributed by atoms with Crippen molar-refractivity contribution in [3.63, 3.8) is 0 Å². The minimum atomic E-state index is -0.171. The second kappa shape index (κ2) is 4.21. The number of nitrogens with one attached hydrogen (secondary N) is 1. The molecular weight excluding hydrogens is 153 g/mol. The van der Waals surface area contributed by atoms with Crippen LogP contribution in [0, 0.1) is 5.82 Å². The van der Waals surface area contributed by atoms with Gasteiger partial charge >= 0.3 is 0 Å². The summed E-state index contributed by atoms with van der Waals surface area (Å²) >= 11 is 0. The van der Waals surface area contributed by atoms with Gasteiger partial charge in [-0.3, -0.25) is 0 Å². The van der Waals surface area contributed by atoms with Gasteiger partial charge in [0.15, 0.2) is 0 Å². The number of hydrogen-bond donors (Lipinski definition) is 1. The monoisotopic (exact) mass is 167 g/mol. The van der Waals surface area contributed by atoms with E-state index in [9.17, 15) is 4.39 Å². The molecule has 0 fully saturated rings. The van der Waals surface area contributed by atoms with Gasteiger partial charge in [0.05, 0.1) is 0 Å². The molecule has 0 aliphatic heterocycles. The Morgan fingerprint density at radius 3 is 2.42 bits per heavy atom. The van der Waals surface area contributed by atoms with Gasteiger partial charge in [-0.05, 0) is 30.7 Å². The Morgan fingerprint density at radius 2 is 1.92 bits per heavy atom. The Balaban J connectivity index is 2.68. The van der Waals surface area contributed by atoms with E-state index < -0.39 is 0 Å². The molecule has 1 unspecified atom stereocenters. The van der Waals surface area contributed by atoms with Gasteiger partial charge in [-0.25, -0.2) is 4.39 Å². The summed E-state index contributed by atoms with van der Waals surface area (Å²) in [6.45, 7) is 3.04. The summed E-state index contributed by atoms with van der Waals surface area (Å²) in [7, 11) is 1.92. The molecule has 1 atom stereocenters. The first-order valence-corrected chi connectivity index (χ1v) is 4.14. The summed E-state index contributed by atoms with van der Waals surface area (Å²) in [5, 5.41) is 3.09. The van der Waals surface area contributed by atoms with E-state index in [4.69, 9.17) is 0 Å². The van der Waals surface area contributed by atoms with E-state index in [0.717, 1.165) is 6.54 Å². The molecule has 1 aromatic carbocycles. The van der Waals surface area contributed by atoms with Gasteiger partial charge in [0.2, 0.25) is 0 Å². The Labute approximate surface area is 72.6 Å². The fraction of sp³-hybridized carbons (Fsp3) is 0.400. The highest BCUT2D eigenvalue weighted by Crippen LogP contribution is 2.13. The molecule has 1 N–H and O–H groups in total. The Bertz CT molecular complexity index is 230. The first-order valence-electron chi connectivity index (χ1n) is 4.14. The summed E-state index contributed by atoms with van der Waals surface area (Å²) in [6, 6.07) is 6.66. The average Bonchev–Trinajstić information content (AvgIpc) is 2.06. The van der Waals surface area contributed by atoms with Gasteiger partial charge in [0.1, 0.15) is 5.82 Å². The first-order chi connectivity index (χ1) is 5.74. The Kier molecular flexibility index (Phi) is 3.23. The second-order valence-electron chi connectivity index (χ2n) is 3.01. The molecule has 0 amide bonds. The predicted molar refractivity (Wildman–Crippen MR) is 48.7 cm³/mol. The Morgan fingerprint density at radius 1 is 1.33 bits per heavy atom. The fourth-order valence-electron chi connectivity index (χ4n) is 1.22. The van der Waals surface area contributed by atoms with E-state index in [0.29, 0.717) is 5.92 Å². The maximum Gasteiger partial charge on any atom is 0.123 e. The van der Waals surface area contributed by atoms with Crippen LogP contribution >= 0.6 is 0 Å². The summed E-state index contributed by atoms with van der Waals surface area (Å²) in [4.78, 5) is 0. The predicted octanol–water partition coefficient (Wildman–Crippen LogP) is 2.15. The van der Waals surface area contributed by atoms with Crippen molar-refractivity contribution in [3.05, 3.63) is 35.6 Å². The molecule has 66 valence electrons. The number of likely N-dealkylation sites (N-methyl/N-ethyl adjacent to an activating group) is 1. The summed E-state index contributed by atoms with van der Waals surface area (Å²) in [6.07, 6.45) is 0. The van der Waals surface area contributed by atoms with Gasteiger partial charge in [-0.2, -0.15) is 0 Å². The normalized spacial score (nSPS) is 12.9. The molecule has 1 aromatic rings. The lowest BCUT2D eigenvalue weighted by molar-refractivity contribution is 0.623. The number of benzene rings is 1. The third-order valence-electron chi connectivity index (χ3n) is 1.95. The molecule has 0 radical (unpaired) electrons. The standard InChI is InChI=1S/C10H14FN/c1-8(7-12-2)9-3-5-10(11)6-4-9/h3-6,8,12H,7H2,1-2H3. The molecule has 12 heavy (non-hydrogen) atoms. The van der Waals surface area contributed by atoms with Crippen molar-refractivity contribution in [3.8, 4) is 0 Å². The maximum absolute atomic E-state index is 12.5. The molecule has 0 saturated carbocycles. The third-order valence-corrected chi connectivity index (χ3v) is 1.95. The SMILES string of the molecule is CNCC(C)c1ccc(F)cc1. The van der Waals surface area contributed by atoms with Crippen LogP contribution in [0.15, 0.2) is 24.3 Å². The number of hydrogen-bond acceptors (Lipinski definition) is 1. The van der Waals surface area contributed by atoms with Gasteiger partial charge in [-0.1, -0.05) is 19.1 Å². The third kappa shape index (κ3) is 2.31. The molecule has 1 rings (SSSR count). The molecule has 0 bridgehead atoms. The van der Waals surface area contributed by atoms with Gasteiger partial charge in [0.25, 0.3) is 0 Å². The van der Waals surface area contributed by atoms with Gasteiger partial charge in [-0.15, -0.1) is 0 Å². The lowest BCUT2D eigenvalue weighted by Gasteiger charge is -2.10. The lowest BCUT2D eigenvalue weighted by atomic mass is 10.0. The molecule has 1 nitrogen and oxygen atoms in total. The second-order valence-corrected chi connectivity index (χ2v) is 3.01. The highest BCUT2D eigenvalue weighted by Gasteiger charge is 2.02. The van der Waals surface area contributed by atoms with Crippen molar-refractivity contribution in [1.82, 2.24) is 5.32 Å². The van der Waals surface area contributed by atoms with E-state index >= 15 is 0 Å². The van der Waals surface area contributed by atoms with Gasteiger partial charge in [0, 0.05) is 6.54 Å². The first kappa shape index (κ1) is 9.20. The number of rotatable bonds is 3. The van der Waals surface area contributed by atoms with Crippen LogP contribution < -0.4 is 5.32 Å². The molecular formula is C10H14FN. The van der Waals surface area contributed by atoms with Gasteiger partial charge < -0.3 is 5.32 Å². The zero-order valence-electron chi connectivity index (χ0n) is 7.47. The zero-order valence-corrected chi connectivity index (χ0v) is 7.47. The Hall–Kier alpha value is -0.890. The largest absolute Gasteiger partial charge is 0.319 e. The van der Waals surface area contributed by atoms with E-state index in [1.807, 2.05) is 19.2 Å². The van der Waals surface area contributed by atoms with Crippen LogP contribution in [0.2, 0.25) is 0 Å². The molecule has 0 aliphatic carbocycles. The highest BCUT2D eigenvalue weighted by atomic mass is 19.1. The molecule has 0 heterocycles. The van der Waals surface area contributed by atoms with Crippen molar-refractivity contribution < 1.29 is 4.39 Å². The quantitative estimate of drug-likeness (QED) is 0.727. The minimum absolute atomic E-state index is 0.171. The average molecular weight is 167 g/mol. The molecule has 0 aliphatic rings. The van der Waals surface area contributed by atoms with E-state index in [2.05, 4.69) is 12.2 Å². The number of halogens is 1. The maximum atomic E-state index is 12.5. The van der Waals surface area contributed by atoms with E-state index in [1.54, 1.807) is 0 Å². The van der Waals surface area contributed by atoms with Crippen LogP contribution in [0.5, 0.6) is 0 Å². The van der Waals surface area contributed by atoms with Crippen molar-refractivity contribution in [2.24, 2.45) is 0 Å². The topological polar surface area (TPSA) is 12.0 Å². The van der Waals surface area contributed by atoms with Crippen molar-refractivity contribution in [1.29, 1.82) is 0 Å². The van der Waals surface area contributed by atoms with Crippen molar-refractivity contribution in [2.75, 3.05) is 13.6 Å². The minimum Gasteiger partial charge on any atom is -0.319 e. The van der Waals surface area contributed by atoms with Crippen molar-refractivity contribution in [2.45, 2.75) is 12.8 Å². The van der Waals surface area contributed by atoms with Crippen LogP contribution in [-0.2, 0) is 0 Å². The summed E-state index contributed by atoms with van der Waals surface area (Å²) in [5.74, 6) is 0.269. The van der Waals surface area contributed by atoms with Crippen LogP contribution in [0.1, 0.15) is 18.4 Å².